The van der Waals surface area contributed by atoms with E-state index in [-0.39, 0.29) is 11.8 Å². The van der Waals surface area contributed by atoms with Crippen LogP contribution in [0.4, 0.5) is 5.69 Å². The molecule has 2 aromatic carbocycles. The van der Waals surface area contributed by atoms with E-state index >= 15 is 0 Å². The fraction of sp³-hybridized carbons (Fsp3) is 0.259. The number of nitrogens with zero attached hydrogens (tertiary/aromatic N) is 2. The molecule has 5 rings (SSSR count). The van der Waals surface area contributed by atoms with E-state index in [9.17, 15) is 9.59 Å². The third-order valence-corrected chi connectivity index (χ3v) is 6.97. The van der Waals surface area contributed by atoms with Crippen molar-refractivity contribution in [2.24, 2.45) is 0 Å². The number of halogens is 1. The highest BCUT2D eigenvalue weighted by Gasteiger charge is 2.29. The molecule has 174 valence electrons. The molecule has 1 fully saturated rings. The van der Waals surface area contributed by atoms with E-state index in [1.807, 2.05) is 67.3 Å². The summed E-state index contributed by atoms with van der Waals surface area (Å²) in [4.78, 5) is 33.8. The molecule has 0 aliphatic carbocycles. The number of likely N-dealkylation sites (N-methyl/N-ethyl adjacent to an activating group) is 1. The zero-order chi connectivity index (χ0) is 24.0. The van der Waals surface area contributed by atoms with E-state index in [0.29, 0.717) is 29.2 Å². The van der Waals surface area contributed by atoms with Crippen LogP contribution < -0.4 is 5.32 Å². The van der Waals surface area contributed by atoms with Crippen LogP contribution in [0.5, 0.6) is 0 Å². The van der Waals surface area contributed by atoms with Crippen molar-refractivity contribution in [2.75, 3.05) is 38.5 Å². The molecule has 0 radical (unpaired) electrons. The van der Waals surface area contributed by atoms with Crippen molar-refractivity contribution in [2.45, 2.75) is 13.8 Å². The third kappa shape index (κ3) is 3.93. The van der Waals surface area contributed by atoms with E-state index in [2.05, 4.69) is 22.2 Å². The van der Waals surface area contributed by atoms with Gasteiger partial charge in [0.2, 0.25) is 0 Å². The minimum Gasteiger partial charge on any atom is -0.358 e. The average molecular weight is 475 g/mol. The molecule has 1 aromatic heterocycles. The largest absolute Gasteiger partial charge is 0.358 e. The van der Waals surface area contributed by atoms with E-state index in [1.165, 1.54) is 0 Å². The number of rotatable bonds is 3. The maximum atomic E-state index is 13.3. The van der Waals surface area contributed by atoms with Gasteiger partial charge in [-0.2, -0.15) is 0 Å². The maximum absolute atomic E-state index is 13.3. The van der Waals surface area contributed by atoms with Crippen LogP contribution in [0.3, 0.4) is 0 Å². The smallest absolute Gasteiger partial charge is 0.256 e. The Morgan fingerprint density at radius 1 is 1.06 bits per heavy atom. The molecular formula is C27H27ClN4O2. The van der Waals surface area contributed by atoms with E-state index in [4.69, 9.17) is 11.6 Å². The quantitative estimate of drug-likeness (QED) is 0.534. The highest BCUT2D eigenvalue weighted by Crippen LogP contribution is 2.41. The monoisotopic (exact) mass is 474 g/mol. The maximum Gasteiger partial charge on any atom is 0.256 e. The summed E-state index contributed by atoms with van der Waals surface area (Å²) in [5.74, 6) is -0.122. The van der Waals surface area contributed by atoms with Gasteiger partial charge in [-0.25, -0.2) is 0 Å². The van der Waals surface area contributed by atoms with Crippen molar-refractivity contribution >= 4 is 40.8 Å². The van der Waals surface area contributed by atoms with E-state index < -0.39 is 0 Å². The Balaban J connectivity index is 1.56. The minimum atomic E-state index is -0.164. The Morgan fingerprint density at radius 2 is 1.79 bits per heavy atom. The fourth-order valence-electron chi connectivity index (χ4n) is 4.84. The van der Waals surface area contributed by atoms with Crippen molar-refractivity contribution in [3.63, 3.8) is 0 Å². The highest BCUT2D eigenvalue weighted by molar-refractivity contribution is 6.36. The number of hydrogen-bond donors (Lipinski definition) is 2. The van der Waals surface area contributed by atoms with Gasteiger partial charge in [-0.1, -0.05) is 35.9 Å². The first-order valence-corrected chi connectivity index (χ1v) is 11.8. The molecular weight excluding hydrogens is 448 g/mol. The highest BCUT2D eigenvalue weighted by atomic mass is 35.5. The van der Waals surface area contributed by atoms with Crippen LogP contribution in [0.1, 0.15) is 32.9 Å². The van der Waals surface area contributed by atoms with Crippen molar-refractivity contribution in [3.05, 3.63) is 75.6 Å². The average Bonchev–Trinajstić information content (AvgIpc) is 3.28. The minimum absolute atomic E-state index is 0.0416. The zero-order valence-electron chi connectivity index (χ0n) is 19.5. The van der Waals surface area contributed by atoms with Crippen LogP contribution in [0.25, 0.3) is 22.8 Å². The van der Waals surface area contributed by atoms with Gasteiger partial charge in [0.25, 0.3) is 11.8 Å². The topological polar surface area (TPSA) is 68.4 Å². The molecule has 7 heteroatoms. The van der Waals surface area contributed by atoms with Crippen molar-refractivity contribution in [1.82, 2.24) is 14.8 Å². The molecule has 2 N–H and O–H groups in total. The lowest BCUT2D eigenvalue weighted by Crippen LogP contribution is -2.47. The second-order valence-electron chi connectivity index (χ2n) is 9.01. The second-order valence-corrected chi connectivity index (χ2v) is 9.45. The second kappa shape index (κ2) is 8.78. The predicted octanol–water partition coefficient (Wildman–Crippen LogP) is 4.83. The van der Waals surface area contributed by atoms with Crippen LogP contribution in [0.2, 0.25) is 5.02 Å². The van der Waals surface area contributed by atoms with E-state index in [1.54, 1.807) is 0 Å². The summed E-state index contributed by atoms with van der Waals surface area (Å²) in [5, 5.41) is 3.62. The van der Waals surface area contributed by atoms with Crippen LogP contribution in [0.15, 0.2) is 42.5 Å². The molecule has 1 saturated heterocycles. The summed E-state index contributed by atoms with van der Waals surface area (Å²) < 4.78 is 0. The van der Waals surface area contributed by atoms with Gasteiger partial charge in [0, 0.05) is 53.8 Å². The molecule has 2 aliphatic heterocycles. The van der Waals surface area contributed by atoms with Gasteiger partial charge in [0.1, 0.15) is 0 Å². The molecule has 2 aliphatic rings. The molecule has 0 unspecified atom stereocenters. The van der Waals surface area contributed by atoms with Gasteiger partial charge in [-0.05, 0) is 61.9 Å². The Morgan fingerprint density at radius 3 is 2.53 bits per heavy atom. The van der Waals surface area contributed by atoms with Crippen molar-refractivity contribution in [3.8, 4) is 11.1 Å². The molecule has 34 heavy (non-hydrogen) atoms. The number of nitrogens with one attached hydrogen (secondary N) is 2. The van der Waals surface area contributed by atoms with Gasteiger partial charge in [-0.15, -0.1) is 0 Å². The summed E-state index contributed by atoms with van der Waals surface area (Å²) in [6, 6.07) is 13.4. The summed E-state index contributed by atoms with van der Waals surface area (Å²) in [7, 11) is 2.07. The lowest BCUT2D eigenvalue weighted by Gasteiger charge is -2.32. The number of fused-ring (bicyclic) bond motifs is 1. The first-order valence-electron chi connectivity index (χ1n) is 11.4. The number of aromatic amines is 1. The van der Waals surface area contributed by atoms with Crippen molar-refractivity contribution in [1.29, 1.82) is 0 Å². The van der Waals surface area contributed by atoms with Crippen LogP contribution >= 0.6 is 11.6 Å². The Bertz CT molecular complexity index is 1330. The molecule has 0 spiro atoms. The number of benzene rings is 2. The number of piperazine rings is 1. The first-order chi connectivity index (χ1) is 16.3. The standard InChI is InChI=1S/C27H27ClN4O2/c1-16-23(29-17(2)24(16)27(34)32-12-10-31(3)11-13-32)15-21-25-20(18-6-4-7-19(28)14-18)8-5-9-22(25)30-26(21)33/h4-9,14-15,29H,10-13H2,1-3H3,(H,30,33)/b21-15-. The molecule has 0 atom stereocenters. The molecule has 2 amide bonds. The summed E-state index contributed by atoms with van der Waals surface area (Å²) >= 11 is 6.24. The summed E-state index contributed by atoms with van der Waals surface area (Å²) in [6.45, 7) is 7.03. The van der Waals surface area contributed by atoms with Crippen LogP contribution in [-0.4, -0.2) is 59.8 Å². The lowest BCUT2D eigenvalue weighted by atomic mass is 9.94. The third-order valence-electron chi connectivity index (χ3n) is 6.73. The molecule has 3 aromatic rings. The number of aryl methyl sites for hydroxylation is 1. The zero-order valence-corrected chi connectivity index (χ0v) is 20.3. The van der Waals surface area contributed by atoms with Crippen molar-refractivity contribution < 1.29 is 9.59 Å². The van der Waals surface area contributed by atoms with Crippen LogP contribution in [-0.2, 0) is 4.79 Å². The van der Waals surface area contributed by atoms with E-state index in [0.717, 1.165) is 52.4 Å². The predicted molar refractivity (Wildman–Crippen MR) is 137 cm³/mol. The number of carbonyl (C=O) groups excluding carboxylic acids is 2. The molecule has 0 saturated carbocycles. The summed E-state index contributed by atoms with van der Waals surface area (Å²) in [5.41, 5.74) is 7.18. The Kier molecular flexibility index (Phi) is 5.80. The van der Waals surface area contributed by atoms with Gasteiger partial charge in [0.05, 0.1) is 11.1 Å². The van der Waals surface area contributed by atoms with Gasteiger partial charge in [-0.3, -0.25) is 9.59 Å². The SMILES string of the molecule is Cc1[nH]c(/C=C2\C(=O)Nc3cccc(-c4cccc(Cl)c4)c32)c(C)c1C(=O)N1CCN(C)CC1. The first kappa shape index (κ1) is 22.4. The molecule has 3 heterocycles. The number of anilines is 1. The Labute approximate surface area is 204 Å². The number of amides is 2. The molecule has 0 bridgehead atoms. The normalized spacial score (nSPS) is 17.2. The van der Waals surface area contributed by atoms with Gasteiger partial charge in [0.15, 0.2) is 0 Å². The number of aromatic nitrogens is 1. The molecule has 6 nitrogen and oxygen atoms in total. The number of hydrogen-bond acceptors (Lipinski definition) is 3. The number of carbonyl (C=O) groups is 2. The Hall–Kier alpha value is -3.35. The van der Waals surface area contributed by atoms with Gasteiger partial charge >= 0.3 is 0 Å². The van der Waals surface area contributed by atoms with Gasteiger partial charge < -0.3 is 20.1 Å². The number of H-pyrrole nitrogens is 1. The lowest BCUT2D eigenvalue weighted by molar-refractivity contribution is -0.110. The fourth-order valence-corrected chi connectivity index (χ4v) is 5.03. The van der Waals surface area contributed by atoms with Crippen LogP contribution in [0, 0.1) is 13.8 Å². The summed E-state index contributed by atoms with van der Waals surface area (Å²) in [6.07, 6.45) is 1.86.